The number of rotatable bonds is 5. The number of carbonyl (C=O) groups is 2. The molecule has 0 amide bonds. The summed E-state index contributed by atoms with van der Waals surface area (Å²) in [5.74, 6) is -1.30. The van der Waals surface area contributed by atoms with Gasteiger partial charge < -0.3 is 20.1 Å². The molecular weight excluding hydrogens is 228 g/mol. The molecule has 0 aliphatic heterocycles. The molecule has 0 fully saturated rings. The van der Waals surface area contributed by atoms with E-state index in [1.807, 2.05) is 6.92 Å². The molecule has 0 aliphatic rings. The number of carboxylic acids is 1. The van der Waals surface area contributed by atoms with Gasteiger partial charge in [0.1, 0.15) is 0 Å². The van der Waals surface area contributed by atoms with Crippen LogP contribution in [0.15, 0.2) is 0 Å². The molecule has 0 bridgehead atoms. The zero-order valence-electron chi connectivity index (χ0n) is 8.97. The van der Waals surface area contributed by atoms with Crippen LogP contribution in [0.1, 0.15) is 33.1 Å². The van der Waals surface area contributed by atoms with Crippen LogP contribution in [-0.2, 0) is 14.3 Å². The number of hydrogen-bond donors (Lipinski definition) is 3. The monoisotopic (exact) mass is 248 g/mol. The maximum absolute atomic E-state index is 10.3. The van der Waals surface area contributed by atoms with Crippen LogP contribution < -0.4 is 0 Å². The third-order valence-corrected chi connectivity index (χ3v) is 1.15. The minimum atomic E-state index is -0.963. The third kappa shape index (κ3) is 23.4. The Kier molecular flexibility index (Phi) is 19.2. The number of aliphatic hydroxyl groups excluding tert-OH is 2. The Labute approximate surface area is 111 Å². The fourth-order valence-corrected chi connectivity index (χ4v) is 0.601. The second-order valence-electron chi connectivity index (χ2n) is 2.84. The van der Waals surface area contributed by atoms with Crippen LogP contribution in [-0.4, -0.2) is 63.2 Å². The van der Waals surface area contributed by atoms with Crippen molar-refractivity contribution < 1.29 is 29.6 Å². The topological polar surface area (TPSA) is 104 Å². The Balaban J connectivity index is -0.000000200. The van der Waals surface area contributed by atoms with Crippen molar-refractivity contribution in [3.8, 4) is 0 Å². The molecule has 0 aromatic rings. The Morgan fingerprint density at radius 1 is 1.38 bits per heavy atom. The summed E-state index contributed by atoms with van der Waals surface area (Å²) in [6.45, 7) is 2.81. The molecule has 6 nitrogen and oxygen atoms in total. The van der Waals surface area contributed by atoms with Crippen molar-refractivity contribution in [1.82, 2.24) is 0 Å². The van der Waals surface area contributed by atoms with Crippen molar-refractivity contribution in [1.29, 1.82) is 0 Å². The molecular formula is C9H20MgO6. The lowest BCUT2D eigenvalue weighted by Crippen LogP contribution is -2.07. The zero-order valence-corrected chi connectivity index (χ0v) is 8.97. The second kappa shape index (κ2) is 14.6. The molecule has 1 unspecified atom stereocenters. The number of aliphatic carboxylic acids is 1. The van der Waals surface area contributed by atoms with E-state index in [1.165, 1.54) is 6.92 Å². The summed E-state index contributed by atoms with van der Waals surface area (Å²) in [6.07, 6.45) is 0.261. The van der Waals surface area contributed by atoms with Crippen molar-refractivity contribution in [2.75, 3.05) is 6.79 Å². The zero-order chi connectivity index (χ0) is 12.3. The summed E-state index contributed by atoms with van der Waals surface area (Å²) >= 11 is 0. The Hall–Kier alpha value is -0.374. The predicted molar refractivity (Wildman–Crippen MR) is 60.6 cm³/mol. The molecule has 94 valence electrons. The summed E-state index contributed by atoms with van der Waals surface area (Å²) in [6, 6.07) is 0. The number of carboxylic acid groups (broad SMARTS) is 1. The van der Waals surface area contributed by atoms with Crippen molar-refractivity contribution in [3.05, 3.63) is 0 Å². The number of aliphatic hydroxyl groups is 2. The lowest BCUT2D eigenvalue weighted by molar-refractivity contribution is -0.151. The largest absolute Gasteiger partial charge is 0.481 e. The van der Waals surface area contributed by atoms with Gasteiger partial charge >= 0.3 is 35.0 Å². The third-order valence-electron chi connectivity index (χ3n) is 1.15. The highest BCUT2D eigenvalue weighted by Gasteiger charge is 2.00. The van der Waals surface area contributed by atoms with Crippen LogP contribution in [0.2, 0.25) is 0 Å². The van der Waals surface area contributed by atoms with Crippen LogP contribution in [0.3, 0.4) is 0 Å². The van der Waals surface area contributed by atoms with Gasteiger partial charge in [-0.1, -0.05) is 6.92 Å². The van der Waals surface area contributed by atoms with E-state index in [1.54, 1.807) is 0 Å². The molecule has 16 heavy (non-hydrogen) atoms. The van der Waals surface area contributed by atoms with Gasteiger partial charge in [0.2, 0.25) is 0 Å². The number of ether oxygens (including phenoxy) is 1. The van der Waals surface area contributed by atoms with E-state index in [0.717, 1.165) is 6.42 Å². The first-order valence-corrected chi connectivity index (χ1v) is 4.60. The molecule has 0 radical (unpaired) electrons. The summed E-state index contributed by atoms with van der Waals surface area (Å²) in [5, 5.41) is 24.3. The van der Waals surface area contributed by atoms with Gasteiger partial charge in [0.15, 0.2) is 6.79 Å². The average molecular weight is 249 g/mol. The first-order chi connectivity index (χ1) is 6.93. The molecule has 0 heterocycles. The van der Waals surface area contributed by atoms with E-state index < -0.39 is 18.9 Å². The minimum Gasteiger partial charge on any atom is -0.481 e. The predicted octanol–water partition coefficient (Wildman–Crippen LogP) is -0.795. The Morgan fingerprint density at radius 2 is 1.88 bits per heavy atom. The van der Waals surface area contributed by atoms with Gasteiger partial charge in [-0.2, -0.15) is 0 Å². The highest BCUT2D eigenvalue weighted by molar-refractivity contribution is 5.75. The summed E-state index contributed by atoms with van der Waals surface area (Å²) in [4.78, 5) is 19.9. The first kappa shape index (κ1) is 21.0. The van der Waals surface area contributed by atoms with Crippen LogP contribution in [0.5, 0.6) is 0 Å². The van der Waals surface area contributed by atoms with Crippen molar-refractivity contribution in [2.24, 2.45) is 0 Å². The number of esters is 1. The molecule has 0 rings (SSSR count). The first-order valence-electron chi connectivity index (χ1n) is 4.60. The van der Waals surface area contributed by atoms with Gasteiger partial charge in [-0.3, -0.25) is 9.59 Å². The van der Waals surface area contributed by atoms with Gasteiger partial charge in [0, 0.05) is 6.42 Å². The molecule has 7 heteroatoms. The summed E-state index contributed by atoms with van der Waals surface area (Å²) in [7, 11) is 0. The highest BCUT2D eigenvalue weighted by Crippen LogP contribution is 1.88. The number of carbonyl (C=O) groups excluding carboxylic acids is 1. The van der Waals surface area contributed by atoms with Gasteiger partial charge in [-0.25, -0.2) is 0 Å². The van der Waals surface area contributed by atoms with E-state index >= 15 is 0 Å². The lowest BCUT2D eigenvalue weighted by atomic mass is 10.3. The molecule has 0 aliphatic carbocycles. The highest BCUT2D eigenvalue weighted by atomic mass is 24.3. The standard InChI is InChI=1S/C5H10O3.C4H8O3.Mg.2H/c1-2-3-5(7)8-4-6;1-3(5)2-4(6)7;;;/h6H,2-4H2,1H3;3,5H,2H2,1H3,(H,6,7);;;. The second-order valence-corrected chi connectivity index (χ2v) is 2.84. The SMILES string of the molecule is CC(O)CC(=O)O.CCCC(=O)OCO.[MgH2]. The Morgan fingerprint density at radius 3 is 2.06 bits per heavy atom. The minimum absolute atomic E-state index is 0. The van der Waals surface area contributed by atoms with E-state index in [2.05, 4.69) is 4.74 Å². The molecule has 0 aromatic carbocycles. The quantitative estimate of drug-likeness (QED) is 0.334. The Bertz CT molecular complexity index is 175. The van der Waals surface area contributed by atoms with Crippen molar-refractivity contribution >= 4 is 35.0 Å². The molecule has 1 atom stereocenters. The van der Waals surface area contributed by atoms with E-state index in [9.17, 15) is 9.59 Å². The molecule has 0 aromatic heterocycles. The lowest BCUT2D eigenvalue weighted by Gasteiger charge is -1.95. The molecule has 3 N–H and O–H groups in total. The molecule has 0 saturated heterocycles. The van der Waals surface area contributed by atoms with Gasteiger partial charge in [-0.05, 0) is 13.3 Å². The summed E-state index contributed by atoms with van der Waals surface area (Å²) < 4.78 is 4.20. The summed E-state index contributed by atoms with van der Waals surface area (Å²) in [5.41, 5.74) is 0. The average Bonchev–Trinajstić information content (AvgIpc) is 2.03. The van der Waals surface area contributed by atoms with Crippen LogP contribution >= 0.6 is 0 Å². The van der Waals surface area contributed by atoms with Crippen LogP contribution in [0.25, 0.3) is 0 Å². The van der Waals surface area contributed by atoms with Gasteiger partial charge in [-0.15, -0.1) is 0 Å². The fraction of sp³-hybridized carbons (Fsp3) is 0.778. The maximum atomic E-state index is 10.3. The molecule has 0 saturated carbocycles. The van der Waals surface area contributed by atoms with Crippen LogP contribution in [0, 0.1) is 0 Å². The maximum Gasteiger partial charge on any atom is 0.316 e. The van der Waals surface area contributed by atoms with Crippen molar-refractivity contribution in [3.63, 3.8) is 0 Å². The fourth-order valence-electron chi connectivity index (χ4n) is 0.601. The van der Waals surface area contributed by atoms with Gasteiger partial charge in [0.25, 0.3) is 0 Å². The van der Waals surface area contributed by atoms with E-state index in [-0.39, 0.29) is 35.4 Å². The van der Waals surface area contributed by atoms with E-state index in [0.29, 0.717) is 6.42 Å². The smallest absolute Gasteiger partial charge is 0.316 e. The molecule has 0 spiro atoms. The van der Waals surface area contributed by atoms with Crippen molar-refractivity contribution in [2.45, 2.75) is 39.2 Å². The van der Waals surface area contributed by atoms with E-state index in [4.69, 9.17) is 15.3 Å². The normalized spacial score (nSPS) is 10.2. The van der Waals surface area contributed by atoms with Crippen LogP contribution in [0.4, 0.5) is 0 Å². The number of hydrogen-bond acceptors (Lipinski definition) is 5. The van der Waals surface area contributed by atoms with Gasteiger partial charge in [0.05, 0.1) is 12.5 Å².